The van der Waals surface area contributed by atoms with Gasteiger partial charge in [0.05, 0.1) is 5.02 Å². The van der Waals surface area contributed by atoms with E-state index in [1.807, 2.05) is 22.8 Å². The molecule has 2 aromatic rings. The molecule has 1 heterocycles. The number of hydrogen-bond donors (Lipinski definition) is 1. The predicted octanol–water partition coefficient (Wildman–Crippen LogP) is 4.43. The summed E-state index contributed by atoms with van der Waals surface area (Å²) in [4.78, 5) is 0. The maximum atomic E-state index is 5.97. The lowest BCUT2D eigenvalue weighted by Gasteiger charge is -2.06. The summed E-state index contributed by atoms with van der Waals surface area (Å²) in [5.41, 5.74) is 0.988. The fourth-order valence-electron chi connectivity index (χ4n) is 1.60. The van der Waals surface area contributed by atoms with Crippen LogP contribution in [0, 0.1) is 4.77 Å². The highest BCUT2D eigenvalue weighted by atomic mass is 79.9. The van der Waals surface area contributed by atoms with Crippen molar-refractivity contribution in [3.05, 3.63) is 32.5 Å². The van der Waals surface area contributed by atoms with E-state index in [0.717, 1.165) is 28.8 Å². The number of aromatic amines is 1. The van der Waals surface area contributed by atoms with Crippen LogP contribution in [0.3, 0.4) is 0 Å². The van der Waals surface area contributed by atoms with E-state index >= 15 is 0 Å². The number of rotatable bonds is 3. The van der Waals surface area contributed by atoms with Gasteiger partial charge in [0.2, 0.25) is 0 Å². The summed E-state index contributed by atoms with van der Waals surface area (Å²) in [6.07, 6.45) is 1.01. The zero-order chi connectivity index (χ0) is 12.4. The van der Waals surface area contributed by atoms with E-state index in [4.69, 9.17) is 23.8 Å². The lowest BCUT2D eigenvalue weighted by molar-refractivity contribution is 0.675. The molecule has 0 spiro atoms. The van der Waals surface area contributed by atoms with Crippen molar-refractivity contribution in [1.82, 2.24) is 14.8 Å². The van der Waals surface area contributed by atoms with Gasteiger partial charge in [0.1, 0.15) is 0 Å². The van der Waals surface area contributed by atoms with Gasteiger partial charge in [0.15, 0.2) is 10.6 Å². The topological polar surface area (TPSA) is 33.6 Å². The van der Waals surface area contributed by atoms with Crippen LogP contribution < -0.4 is 0 Å². The zero-order valence-corrected chi connectivity index (χ0v) is 12.4. The molecule has 0 aliphatic heterocycles. The molecule has 0 aliphatic rings. The van der Waals surface area contributed by atoms with Gasteiger partial charge in [-0.3, -0.25) is 5.10 Å². The number of nitrogens with one attached hydrogen (secondary N) is 1. The van der Waals surface area contributed by atoms with Crippen molar-refractivity contribution in [1.29, 1.82) is 0 Å². The SMILES string of the molecule is CCCn1c(-c2ccc(Cl)c(Br)c2)n[nH]c1=S. The second-order valence-electron chi connectivity index (χ2n) is 3.63. The van der Waals surface area contributed by atoms with E-state index < -0.39 is 0 Å². The highest BCUT2D eigenvalue weighted by molar-refractivity contribution is 9.10. The van der Waals surface area contributed by atoms with E-state index in [-0.39, 0.29) is 0 Å². The largest absolute Gasteiger partial charge is 0.300 e. The van der Waals surface area contributed by atoms with Crippen LogP contribution in [0.25, 0.3) is 11.4 Å². The lowest BCUT2D eigenvalue weighted by atomic mass is 10.2. The van der Waals surface area contributed by atoms with Crippen molar-refractivity contribution in [3.63, 3.8) is 0 Å². The molecule has 2 rings (SSSR count). The van der Waals surface area contributed by atoms with Crippen LogP contribution in [0.1, 0.15) is 13.3 Å². The average molecular weight is 333 g/mol. The Morgan fingerprint density at radius 1 is 1.53 bits per heavy atom. The van der Waals surface area contributed by atoms with Crippen molar-refractivity contribution in [2.45, 2.75) is 19.9 Å². The first kappa shape index (κ1) is 12.8. The average Bonchev–Trinajstić information content (AvgIpc) is 2.66. The van der Waals surface area contributed by atoms with Crippen LogP contribution in [-0.2, 0) is 6.54 Å². The zero-order valence-electron chi connectivity index (χ0n) is 9.20. The number of H-pyrrole nitrogens is 1. The van der Waals surface area contributed by atoms with E-state index in [2.05, 4.69) is 33.1 Å². The minimum absolute atomic E-state index is 0.646. The minimum Gasteiger partial charge on any atom is -0.300 e. The van der Waals surface area contributed by atoms with Gasteiger partial charge >= 0.3 is 0 Å². The van der Waals surface area contributed by atoms with Gasteiger partial charge < -0.3 is 4.57 Å². The summed E-state index contributed by atoms with van der Waals surface area (Å²) in [5, 5.41) is 7.76. The normalized spacial score (nSPS) is 10.8. The van der Waals surface area contributed by atoms with E-state index in [1.165, 1.54) is 0 Å². The smallest absolute Gasteiger partial charge is 0.195 e. The van der Waals surface area contributed by atoms with Gasteiger partial charge in [0, 0.05) is 16.6 Å². The predicted molar refractivity (Wildman–Crippen MR) is 75.8 cm³/mol. The number of benzene rings is 1. The second-order valence-corrected chi connectivity index (χ2v) is 5.28. The van der Waals surface area contributed by atoms with Crippen molar-refractivity contribution >= 4 is 39.7 Å². The molecule has 1 aromatic heterocycles. The highest BCUT2D eigenvalue weighted by Crippen LogP contribution is 2.28. The molecule has 0 radical (unpaired) electrons. The summed E-state index contributed by atoms with van der Waals surface area (Å²) in [6, 6.07) is 5.72. The fourth-order valence-corrected chi connectivity index (χ4v) is 2.32. The lowest BCUT2D eigenvalue weighted by Crippen LogP contribution is -1.99. The number of aromatic nitrogens is 3. The van der Waals surface area contributed by atoms with Crippen LogP contribution in [0.4, 0.5) is 0 Å². The van der Waals surface area contributed by atoms with Gasteiger partial charge in [-0.1, -0.05) is 18.5 Å². The van der Waals surface area contributed by atoms with Crippen molar-refractivity contribution in [2.75, 3.05) is 0 Å². The van der Waals surface area contributed by atoms with Gasteiger partial charge in [-0.15, -0.1) is 0 Å². The van der Waals surface area contributed by atoms with E-state index in [0.29, 0.717) is 9.79 Å². The maximum absolute atomic E-state index is 5.97. The van der Waals surface area contributed by atoms with E-state index in [9.17, 15) is 0 Å². The Morgan fingerprint density at radius 3 is 2.94 bits per heavy atom. The number of hydrogen-bond acceptors (Lipinski definition) is 2. The van der Waals surface area contributed by atoms with Crippen LogP contribution in [-0.4, -0.2) is 14.8 Å². The Balaban J connectivity index is 2.52. The van der Waals surface area contributed by atoms with Crippen LogP contribution in [0.15, 0.2) is 22.7 Å². The van der Waals surface area contributed by atoms with Gasteiger partial charge in [-0.25, -0.2) is 0 Å². The molecule has 1 N–H and O–H groups in total. The molecule has 90 valence electrons. The molecular weight excluding hydrogens is 322 g/mol. The van der Waals surface area contributed by atoms with Crippen molar-refractivity contribution in [2.24, 2.45) is 0 Å². The molecule has 0 saturated carbocycles. The summed E-state index contributed by atoms with van der Waals surface area (Å²) < 4.78 is 3.49. The number of halogens is 2. The molecule has 0 unspecified atom stereocenters. The summed E-state index contributed by atoms with van der Waals surface area (Å²) in [6.45, 7) is 2.96. The first-order valence-electron chi connectivity index (χ1n) is 5.24. The molecule has 3 nitrogen and oxygen atoms in total. The third-order valence-electron chi connectivity index (χ3n) is 2.38. The van der Waals surface area contributed by atoms with Crippen molar-refractivity contribution < 1.29 is 0 Å². The first-order valence-corrected chi connectivity index (χ1v) is 6.82. The second kappa shape index (κ2) is 5.33. The summed E-state index contributed by atoms with van der Waals surface area (Å²) >= 11 is 14.6. The van der Waals surface area contributed by atoms with Crippen LogP contribution in [0.5, 0.6) is 0 Å². The summed E-state index contributed by atoms with van der Waals surface area (Å²) in [5.74, 6) is 0.842. The molecule has 0 bridgehead atoms. The Kier molecular flexibility index (Phi) is 4.01. The number of nitrogens with zero attached hydrogens (tertiary/aromatic N) is 2. The highest BCUT2D eigenvalue weighted by Gasteiger charge is 2.09. The Morgan fingerprint density at radius 2 is 2.29 bits per heavy atom. The minimum atomic E-state index is 0.646. The quantitative estimate of drug-likeness (QED) is 0.843. The molecule has 0 amide bonds. The van der Waals surface area contributed by atoms with Crippen molar-refractivity contribution in [3.8, 4) is 11.4 Å². The monoisotopic (exact) mass is 331 g/mol. The molecule has 6 heteroatoms. The van der Waals surface area contributed by atoms with Gasteiger partial charge in [0.25, 0.3) is 0 Å². The Bertz CT molecular complexity index is 591. The van der Waals surface area contributed by atoms with E-state index in [1.54, 1.807) is 0 Å². The molecule has 17 heavy (non-hydrogen) atoms. The molecule has 0 fully saturated rings. The molecule has 0 saturated heterocycles. The van der Waals surface area contributed by atoms with Gasteiger partial charge in [-0.2, -0.15) is 5.10 Å². The summed E-state index contributed by atoms with van der Waals surface area (Å²) in [7, 11) is 0. The molecule has 0 aliphatic carbocycles. The Hall–Kier alpha value is -0.650. The van der Waals surface area contributed by atoms with Gasteiger partial charge in [-0.05, 0) is 52.8 Å². The Labute approximate surface area is 118 Å². The standard InChI is InChI=1S/C11H11BrClN3S/c1-2-5-16-10(14-15-11(16)17)7-3-4-9(13)8(12)6-7/h3-4,6H,2,5H2,1H3,(H,15,17). The van der Waals surface area contributed by atoms with Crippen LogP contribution >= 0.6 is 39.7 Å². The maximum Gasteiger partial charge on any atom is 0.195 e. The first-order chi connectivity index (χ1) is 8.13. The molecule has 0 atom stereocenters. The third-order valence-corrected chi connectivity index (χ3v) is 3.91. The molecular formula is C11H11BrClN3S. The fraction of sp³-hybridized carbons (Fsp3) is 0.273. The third kappa shape index (κ3) is 2.61. The molecule has 1 aromatic carbocycles. The van der Waals surface area contributed by atoms with Crippen LogP contribution in [0.2, 0.25) is 5.02 Å².